The summed E-state index contributed by atoms with van der Waals surface area (Å²) in [4.78, 5) is 2.31. The van der Waals surface area contributed by atoms with E-state index in [-0.39, 0.29) is 0 Å². The third-order valence-corrected chi connectivity index (χ3v) is 2.72. The number of likely N-dealkylation sites (N-methyl/N-ethyl adjacent to an activating group) is 1. The zero-order valence-corrected chi connectivity index (χ0v) is 8.53. The predicted octanol–water partition coefficient (Wildman–Crippen LogP) is 1.99. The fraction of sp³-hybridized carbons (Fsp3) is 0.333. The minimum Gasteiger partial charge on any atom is -0.398 e. The molecular weight excluding hydrogens is 172 g/mol. The number of hydrogen-bond acceptors (Lipinski definition) is 2. The van der Waals surface area contributed by atoms with Gasteiger partial charge in [0.2, 0.25) is 0 Å². The average molecular weight is 188 g/mol. The molecule has 0 saturated heterocycles. The molecule has 1 aliphatic rings. The van der Waals surface area contributed by atoms with Crippen LogP contribution in [0.25, 0.3) is 5.57 Å². The summed E-state index contributed by atoms with van der Waals surface area (Å²) in [5.74, 6) is 0. The molecule has 0 saturated carbocycles. The minimum atomic E-state index is 0.892. The molecule has 1 aromatic rings. The maximum Gasteiger partial charge on any atom is 0.0390 e. The molecule has 1 aliphatic heterocycles. The number of nitrogen functional groups attached to an aromatic ring is 1. The standard InChI is InChI=1S/C12H16N2/c1-14-8-6-10(7-9-14)11-4-2-3-5-12(11)13/h2-6H,7-9,13H2,1H3. The highest BCUT2D eigenvalue weighted by Crippen LogP contribution is 2.26. The molecule has 0 radical (unpaired) electrons. The summed E-state index contributed by atoms with van der Waals surface area (Å²) in [6.07, 6.45) is 3.37. The van der Waals surface area contributed by atoms with Gasteiger partial charge in [-0.15, -0.1) is 0 Å². The van der Waals surface area contributed by atoms with Gasteiger partial charge in [0.1, 0.15) is 0 Å². The molecule has 0 bridgehead atoms. The zero-order chi connectivity index (χ0) is 9.97. The highest BCUT2D eigenvalue weighted by atomic mass is 15.1. The van der Waals surface area contributed by atoms with Gasteiger partial charge in [0.05, 0.1) is 0 Å². The zero-order valence-electron chi connectivity index (χ0n) is 8.53. The fourth-order valence-corrected chi connectivity index (χ4v) is 1.80. The van der Waals surface area contributed by atoms with Crippen molar-refractivity contribution < 1.29 is 0 Å². The Kier molecular flexibility index (Phi) is 2.55. The number of nitrogens with zero attached hydrogens (tertiary/aromatic N) is 1. The first kappa shape index (κ1) is 9.28. The normalized spacial score (nSPS) is 17.9. The molecule has 2 heteroatoms. The number of rotatable bonds is 1. The van der Waals surface area contributed by atoms with Crippen LogP contribution in [0.1, 0.15) is 12.0 Å². The van der Waals surface area contributed by atoms with Crippen molar-refractivity contribution in [1.29, 1.82) is 0 Å². The van der Waals surface area contributed by atoms with Crippen molar-refractivity contribution in [3.63, 3.8) is 0 Å². The number of para-hydroxylation sites is 1. The molecule has 0 fully saturated rings. The fourth-order valence-electron chi connectivity index (χ4n) is 1.80. The molecular formula is C12H16N2. The molecule has 14 heavy (non-hydrogen) atoms. The summed E-state index contributed by atoms with van der Waals surface area (Å²) in [6.45, 7) is 2.16. The SMILES string of the molecule is CN1CC=C(c2ccccc2N)CC1. The molecule has 2 rings (SSSR count). The van der Waals surface area contributed by atoms with Crippen molar-refractivity contribution in [3.05, 3.63) is 35.9 Å². The Hall–Kier alpha value is -1.28. The van der Waals surface area contributed by atoms with Gasteiger partial charge in [0, 0.05) is 24.3 Å². The van der Waals surface area contributed by atoms with E-state index in [0.717, 1.165) is 25.2 Å². The lowest BCUT2D eigenvalue weighted by molar-refractivity contribution is 0.370. The van der Waals surface area contributed by atoms with Gasteiger partial charge in [-0.05, 0) is 25.1 Å². The van der Waals surface area contributed by atoms with Gasteiger partial charge in [0.15, 0.2) is 0 Å². The van der Waals surface area contributed by atoms with Crippen molar-refractivity contribution in [2.24, 2.45) is 0 Å². The molecule has 1 aromatic carbocycles. The summed E-state index contributed by atoms with van der Waals surface area (Å²) in [6, 6.07) is 8.10. The third-order valence-electron chi connectivity index (χ3n) is 2.72. The summed E-state index contributed by atoms with van der Waals surface area (Å²) in [5, 5.41) is 0. The predicted molar refractivity (Wildman–Crippen MR) is 60.9 cm³/mol. The van der Waals surface area contributed by atoms with Gasteiger partial charge in [-0.25, -0.2) is 0 Å². The summed E-state index contributed by atoms with van der Waals surface area (Å²) >= 11 is 0. The first-order valence-electron chi connectivity index (χ1n) is 5.00. The molecule has 0 unspecified atom stereocenters. The molecule has 0 spiro atoms. The van der Waals surface area contributed by atoms with Gasteiger partial charge in [0.25, 0.3) is 0 Å². The Balaban J connectivity index is 2.28. The Morgan fingerprint density at radius 1 is 1.29 bits per heavy atom. The van der Waals surface area contributed by atoms with Crippen LogP contribution < -0.4 is 5.73 Å². The molecule has 0 atom stereocenters. The van der Waals surface area contributed by atoms with Crippen LogP contribution in [0.5, 0.6) is 0 Å². The van der Waals surface area contributed by atoms with Gasteiger partial charge < -0.3 is 10.6 Å². The van der Waals surface area contributed by atoms with E-state index >= 15 is 0 Å². The Labute approximate surface area is 85.0 Å². The van der Waals surface area contributed by atoms with E-state index in [0.29, 0.717) is 0 Å². The van der Waals surface area contributed by atoms with E-state index < -0.39 is 0 Å². The number of anilines is 1. The average Bonchev–Trinajstić information content (AvgIpc) is 2.20. The Bertz CT molecular complexity index is 355. The number of nitrogens with two attached hydrogens (primary N) is 1. The second kappa shape index (κ2) is 3.84. The van der Waals surface area contributed by atoms with Crippen LogP contribution in [0, 0.1) is 0 Å². The molecule has 0 aliphatic carbocycles. The van der Waals surface area contributed by atoms with Crippen molar-refractivity contribution in [1.82, 2.24) is 4.90 Å². The van der Waals surface area contributed by atoms with Gasteiger partial charge >= 0.3 is 0 Å². The monoisotopic (exact) mass is 188 g/mol. The minimum absolute atomic E-state index is 0.892. The summed E-state index contributed by atoms with van der Waals surface area (Å²) in [7, 11) is 2.14. The van der Waals surface area contributed by atoms with E-state index in [2.05, 4.69) is 24.1 Å². The van der Waals surface area contributed by atoms with Crippen LogP contribution in [-0.2, 0) is 0 Å². The highest BCUT2D eigenvalue weighted by Gasteiger charge is 2.10. The van der Waals surface area contributed by atoms with Crippen molar-refractivity contribution in [2.45, 2.75) is 6.42 Å². The van der Waals surface area contributed by atoms with E-state index in [1.165, 1.54) is 11.1 Å². The lowest BCUT2D eigenvalue weighted by Crippen LogP contribution is -2.23. The van der Waals surface area contributed by atoms with Crippen molar-refractivity contribution >= 4 is 11.3 Å². The van der Waals surface area contributed by atoms with E-state index in [4.69, 9.17) is 5.73 Å². The maximum absolute atomic E-state index is 5.93. The molecule has 0 aromatic heterocycles. The molecule has 2 N–H and O–H groups in total. The molecule has 1 heterocycles. The quantitative estimate of drug-likeness (QED) is 0.683. The van der Waals surface area contributed by atoms with E-state index in [9.17, 15) is 0 Å². The van der Waals surface area contributed by atoms with Gasteiger partial charge in [-0.2, -0.15) is 0 Å². The van der Waals surface area contributed by atoms with Crippen molar-refractivity contribution in [3.8, 4) is 0 Å². The van der Waals surface area contributed by atoms with Crippen LogP contribution in [0.3, 0.4) is 0 Å². The third kappa shape index (κ3) is 1.80. The molecule has 0 amide bonds. The topological polar surface area (TPSA) is 29.3 Å². The van der Waals surface area contributed by atoms with E-state index in [1.54, 1.807) is 0 Å². The largest absolute Gasteiger partial charge is 0.398 e. The lowest BCUT2D eigenvalue weighted by Gasteiger charge is -2.22. The van der Waals surface area contributed by atoms with Crippen molar-refractivity contribution in [2.75, 3.05) is 25.9 Å². The first-order chi connectivity index (χ1) is 6.77. The van der Waals surface area contributed by atoms with Crippen LogP contribution in [-0.4, -0.2) is 25.0 Å². The number of benzene rings is 1. The molecule has 74 valence electrons. The van der Waals surface area contributed by atoms with Crippen LogP contribution >= 0.6 is 0 Å². The summed E-state index contributed by atoms with van der Waals surface area (Å²) < 4.78 is 0. The van der Waals surface area contributed by atoms with Crippen LogP contribution in [0.15, 0.2) is 30.3 Å². The smallest absolute Gasteiger partial charge is 0.0390 e. The lowest BCUT2D eigenvalue weighted by atomic mass is 9.98. The van der Waals surface area contributed by atoms with E-state index in [1.807, 2.05) is 18.2 Å². The van der Waals surface area contributed by atoms with Gasteiger partial charge in [-0.1, -0.05) is 24.3 Å². The second-order valence-electron chi connectivity index (χ2n) is 3.83. The second-order valence-corrected chi connectivity index (χ2v) is 3.83. The van der Waals surface area contributed by atoms with Crippen LogP contribution in [0.2, 0.25) is 0 Å². The Morgan fingerprint density at radius 3 is 2.71 bits per heavy atom. The number of hydrogen-bond donors (Lipinski definition) is 1. The van der Waals surface area contributed by atoms with Crippen LogP contribution in [0.4, 0.5) is 5.69 Å². The Morgan fingerprint density at radius 2 is 2.07 bits per heavy atom. The summed E-state index contributed by atoms with van der Waals surface area (Å²) in [5.41, 5.74) is 9.42. The highest BCUT2D eigenvalue weighted by molar-refractivity contribution is 5.75. The maximum atomic E-state index is 5.93. The first-order valence-corrected chi connectivity index (χ1v) is 5.00. The molecule has 2 nitrogen and oxygen atoms in total. The van der Waals surface area contributed by atoms with Gasteiger partial charge in [-0.3, -0.25) is 0 Å².